The maximum Gasteiger partial charge on any atom is 0.416 e. The molecular formula is C14H15F3N2O2. The van der Waals surface area contributed by atoms with E-state index in [1.54, 1.807) is 6.92 Å². The lowest BCUT2D eigenvalue weighted by atomic mass is 9.96. The van der Waals surface area contributed by atoms with Gasteiger partial charge in [-0.3, -0.25) is 14.5 Å². The second-order valence-corrected chi connectivity index (χ2v) is 5.30. The number of carbonyl (C=O) groups is 2. The van der Waals surface area contributed by atoms with Crippen LogP contribution in [-0.4, -0.2) is 16.7 Å². The topological polar surface area (TPSA) is 63.4 Å². The SMILES string of the molecule is CC1CC(=O)N(Cc2ccc(N)cc2C(F)(F)F)C(=O)C1. The molecule has 1 fully saturated rings. The molecule has 0 aliphatic carbocycles. The zero-order valence-electron chi connectivity index (χ0n) is 11.4. The smallest absolute Gasteiger partial charge is 0.399 e. The number of nitrogens with zero attached hydrogens (tertiary/aromatic N) is 1. The maximum absolute atomic E-state index is 13.0. The Morgan fingerprint density at radius 2 is 1.81 bits per heavy atom. The van der Waals surface area contributed by atoms with Crippen molar-refractivity contribution in [2.24, 2.45) is 5.92 Å². The Balaban J connectivity index is 2.31. The molecule has 1 saturated heterocycles. The summed E-state index contributed by atoms with van der Waals surface area (Å²) in [5, 5.41) is 0. The van der Waals surface area contributed by atoms with Gasteiger partial charge in [0.2, 0.25) is 11.8 Å². The first kappa shape index (κ1) is 15.3. The van der Waals surface area contributed by atoms with E-state index in [2.05, 4.69) is 0 Å². The van der Waals surface area contributed by atoms with Gasteiger partial charge in [-0.15, -0.1) is 0 Å². The summed E-state index contributed by atoms with van der Waals surface area (Å²) in [5.41, 5.74) is 4.32. The summed E-state index contributed by atoms with van der Waals surface area (Å²) in [6.07, 6.45) is -4.25. The largest absolute Gasteiger partial charge is 0.416 e. The van der Waals surface area contributed by atoms with E-state index in [1.807, 2.05) is 0 Å². The molecule has 1 aliphatic rings. The van der Waals surface area contributed by atoms with Gasteiger partial charge < -0.3 is 5.73 Å². The van der Waals surface area contributed by atoms with E-state index in [4.69, 9.17) is 5.73 Å². The number of nitrogens with two attached hydrogens (primary N) is 1. The van der Waals surface area contributed by atoms with Gasteiger partial charge in [0, 0.05) is 18.5 Å². The highest BCUT2D eigenvalue weighted by Crippen LogP contribution is 2.34. The molecule has 2 amide bonds. The number of piperidine rings is 1. The van der Waals surface area contributed by atoms with Crippen molar-refractivity contribution in [3.8, 4) is 0 Å². The number of alkyl halides is 3. The Morgan fingerprint density at radius 1 is 1.24 bits per heavy atom. The minimum atomic E-state index is -4.58. The fraction of sp³-hybridized carbons (Fsp3) is 0.429. The lowest BCUT2D eigenvalue weighted by Gasteiger charge is -2.29. The molecule has 4 nitrogen and oxygen atoms in total. The van der Waals surface area contributed by atoms with E-state index < -0.39 is 23.6 Å². The number of rotatable bonds is 2. The highest BCUT2D eigenvalue weighted by molar-refractivity contribution is 5.97. The van der Waals surface area contributed by atoms with Crippen LogP contribution in [0.15, 0.2) is 18.2 Å². The van der Waals surface area contributed by atoms with Crippen LogP contribution in [0.25, 0.3) is 0 Å². The van der Waals surface area contributed by atoms with Crippen LogP contribution < -0.4 is 5.73 Å². The number of amides is 2. The Kier molecular flexibility index (Phi) is 3.93. The average molecular weight is 300 g/mol. The van der Waals surface area contributed by atoms with E-state index in [1.165, 1.54) is 12.1 Å². The van der Waals surface area contributed by atoms with Gasteiger partial charge in [0.15, 0.2) is 0 Å². The molecule has 0 bridgehead atoms. The average Bonchev–Trinajstić information content (AvgIpc) is 2.34. The number of halogens is 3. The molecule has 0 spiro atoms. The van der Waals surface area contributed by atoms with Gasteiger partial charge in [0.05, 0.1) is 12.1 Å². The second-order valence-electron chi connectivity index (χ2n) is 5.30. The van der Waals surface area contributed by atoms with Crippen molar-refractivity contribution < 1.29 is 22.8 Å². The van der Waals surface area contributed by atoms with Crippen LogP contribution >= 0.6 is 0 Å². The highest BCUT2D eigenvalue weighted by Gasteiger charge is 2.36. The van der Waals surface area contributed by atoms with Crippen LogP contribution in [0.5, 0.6) is 0 Å². The summed E-state index contributed by atoms with van der Waals surface area (Å²) >= 11 is 0. The standard InChI is InChI=1S/C14H15F3N2O2/c1-8-4-12(20)19(13(21)5-8)7-9-2-3-10(18)6-11(9)14(15,16)17/h2-3,6,8H,4-5,7,18H2,1H3. The third-order valence-electron chi connectivity index (χ3n) is 3.42. The number of hydrogen-bond donors (Lipinski definition) is 1. The molecule has 0 aromatic heterocycles. The molecule has 0 saturated carbocycles. The predicted octanol–water partition coefficient (Wildman–Crippen LogP) is 2.57. The summed E-state index contributed by atoms with van der Waals surface area (Å²) in [4.78, 5) is 24.6. The summed E-state index contributed by atoms with van der Waals surface area (Å²) in [6.45, 7) is 1.39. The van der Waals surface area contributed by atoms with E-state index >= 15 is 0 Å². The fourth-order valence-corrected chi connectivity index (χ4v) is 2.37. The summed E-state index contributed by atoms with van der Waals surface area (Å²) in [6, 6.07) is 3.35. The van der Waals surface area contributed by atoms with Crippen LogP contribution in [0.1, 0.15) is 30.9 Å². The van der Waals surface area contributed by atoms with Crippen LogP contribution in [-0.2, 0) is 22.3 Å². The van der Waals surface area contributed by atoms with Crippen molar-refractivity contribution >= 4 is 17.5 Å². The second kappa shape index (κ2) is 5.38. The lowest BCUT2D eigenvalue weighted by Crippen LogP contribution is -2.42. The van der Waals surface area contributed by atoms with Crippen LogP contribution in [0.3, 0.4) is 0 Å². The van der Waals surface area contributed by atoms with E-state index in [0.29, 0.717) is 0 Å². The van der Waals surface area contributed by atoms with Crippen molar-refractivity contribution in [1.29, 1.82) is 0 Å². The third-order valence-corrected chi connectivity index (χ3v) is 3.42. The minimum Gasteiger partial charge on any atom is -0.399 e. The Hall–Kier alpha value is -2.05. The number of carbonyl (C=O) groups excluding carboxylic acids is 2. The first-order valence-electron chi connectivity index (χ1n) is 6.47. The van der Waals surface area contributed by atoms with Crippen molar-refractivity contribution in [2.45, 2.75) is 32.5 Å². The number of imide groups is 1. The van der Waals surface area contributed by atoms with Gasteiger partial charge in [-0.25, -0.2) is 0 Å². The summed E-state index contributed by atoms with van der Waals surface area (Å²) in [7, 11) is 0. The Morgan fingerprint density at radius 3 is 2.33 bits per heavy atom. The number of benzene rings is 1. The molecule has 7 heteroatoms. The molecule has 114 valence electrons. The molecule has 2 rings (SSSR count). The molecule has 21 heavy (non-hydrogen) atoms. The van der Waals surface area contributed by atoms with Crippen molar-refractivity contribution in [3.05, 3.63) is 29.3 Å². The zero-order chi connectivity index (χ0) is 15.8. The normalized spacial score (nSPS) is 17.4. The predicted molar refractivity (Wildman–Crippen MR) is 69.8 cm³/mol. The molecular weight excluding hydrogens is 285 g/mol. The first-order valence-corrected chi connectivity index (χ1v) is 6.47. The molecule has 1 aliphatic heterocycles. The van der Waals surface area contributed by atoms with Gasteiger partial charge in [-0.1, -0.05) is 13.0 Å². The molecule has 0 atom stereocenters. The lowest BCUT2D eigenvalue weighted by molar-refractivity contribution is -0.151. The Bertz CT molecular complexity index is 566. The number of hydrogen-bond acceptors (Lipinski definition) is 3. The first-order chi connectivity index (χ1) is 9.68. The fourth-order valence-electron chi connectivity index (χ4n) is 2.37. The summed E-state index contributed by atoms with van der Waals surface area (Å²) < 4.78 is 39.0. The molecule has 0 unspecified atom stereocenters. The van der Waals surface area contributed by atoms with Crippen molar-refractivity contribution in [2.75, 3.05) is 5.73 Å². The van der Waals surface area contributed by atoms with Crippen molar-refractivity contribution in [1.82, 2.24) is 4.90 Å². The van der Waals surface area contributed by atoms with Crippen LogP contribution in [0.4, 0.5) is 18.9 Å². The van der Waals surface area contributed by atoms with E-state index in [9.17, 15) is 22.8 Å². The number of nitrogen functional groups attached to an aromatic ring is 1. The summed E-state index contributed by atoms with van der Waals surface area (Å²) in [5.74, 6) is -0.956. The molecule has 2 N–H and O–H groups in total. The Labute approximate surface area is 119 Å². The zero-order valence-corrected chi connectivity index (χ0v) is 11.4. The molecule has 1 aromatic carbocycles. The van der Waals surface area contributed by atoms with Gasteiger partial charge in [0.1, 0.15) is 0 Å². The van der Waals surface area contributed by atoms with Gasteiger partial charge in [-0.05, 0) is 23.6 Å². The minimum absolute atomic E-state index is 0.0176. The monoisotopic (exact) mass is 300 g/mol. The molecule has 0 radical (unpaired) electrons. The van der Waals surface area contributed by atoms with Crippen LogP contribution in [0, 0.1) is 5.92 Å². The van der Waals surface area contributed by atoms with E-state index in [0.717, 1.165) is 11.0 Å². The quantitative estimate of drug-likeness (QED) is 0.674. The van der Waals surface area contributed by atoms with Gasteiger partial charge >= 0.3 is 6.18 Å². The van der Waals surface area contributed by atoms with Gasteiger partial charge in [-0.2, -0.15) is 13.2 Å². The molecule has 1 heterocycles. The maximum atomic E-state index is 13.0. The van der Waals surface area contributed by atoms with Crippen LogP contribution in [0.2, 0.25) is 0 Å². The van der Waals surface area contributed by atoms with E-state index in [-0.39, 0.29) is 36.6 Å². The highest BCUT2D eigenvalue weighted by atomic mass is 19.4. The number of likely N-dealkylation sites (tertiary alicyclic amines) is 1. The number of anilines is 1. The van der Waals surface area contributed by atoms with Gasteiger partial charge in [0.25, 0.3) is 0 Å². The molecule has 1 aromatic rings. The third kappa shape index (κ3) is 3.34. The van der Waals surface area contributed by atoms with Crippen molar-refractivity contribution in [3.63, 3.8) is 0 Å².